The van der Waals surface area contributed by atoms with Crippen LogP contribution in [0.5, 0.6) is 5.75 Å². The van der Waals surface area contributed by atoms with Crippen molar-refractivity contribution in [3.8, 4) is 5.75 Å². The number of hydrogen-bond acceptors (Lipinski definition) is 14. The van der Waals surface area contributed by atoms with Gasteiger partial charge in [-0.15, -0.1) is 0 Å². The number of nitrogens with one attached hydrogen (secondary N) is 7. The molecule has 15 N–H and O–H groups in total. The number of nitrogens with two attached hydrogens (primary N) is 2. The van der Waals surface area contributed by atoms with Gasteiger partial charge in [0.1, 0.15) is 47.3 Å². The lowest BCUT2D eigenvalue weighted by molar-refractivity contribution is -0.155. The van der Waals surface area contributed by atoms with Gasteiger partial charge in [0.05, 0.1) is 12.2 Å². The van der Waals surface area contributed by atoms with Crippen molar-refractivity contribution in [2.24, 2.45) is 23.3 Å². The second-order valence-electron chi connectivity index (χ2n) is 18.2. The quantitative estimate of drug-likeness (QED) is 0.0818. The van der Waals surface area contributed by atoms with E-state index in [0.29, 0.717) is 19.3 Å². The number of benzene rings is 1. The molecule has 1 heterocycles. The van der Waals surface area contributed by atoms with Gasteiger partial charge in [0.2, 0.25) is 53.2 Å². The Kier molecular flexibility index (Phi) is 23.0. The molecule has 1 aromatic carbocycles. The minimum atomic E-state index is -2.31. The fraction of sp³-hybridized carbons (Fsp3) is 0.600. The largest absolute Gasteiger partial charge is 0.508 e. The maximum Gasteiger partial charge on any atom is 0.317 e. The second kappa shape index (κ2) is 28.0. The molecule has 398 valence electrons. The first-order valence-electron chi connectivity index (χ1n) is 23.3. The molecule has 72 heavy (non-hydrogen) atoms. The summed E-state index contributed by atoms with van der Waals surface area (Å²) in [5, 5.41) is 56.5. The lowest BCUT2D eigenvalue weighted by atomic mass is 9.80. The van der Waals surface area contributed by atoms with Crippen LogP contribution in [0.25, 0.3) is 0 Å². The zero-order valence-electron chi connectivity index (χ0n) is 40.0. The van der Waals surface area contributed by atoms with Gasteiger partial charge in [0.25, 0.3) is 0 Å². The van der Waals surface area contributed by atoms with Crippen LogP contribution in [0, 0.1) is 11.8 Å². The molecule has 6 atom stereocenters. The molecule has 1 saturated carbocycles. The van der Waals surface area contributed by atoms with Gasteiger partial charge < -0.3 is 69.1 Å². The molecular formula is C45H65N9O17S. The molecule has 27 heteroatoms. The Morgan fingerprint density at radius 2 is 1.36 bits per heavy atom. The molecule has 1 saturated heterocycles. The number of carboxylic acids is 3. The number of carbonyl (C=O) groups excluding carboxylic acids is 9. The van der Waals surface area contributed by atoms with Crippen LogP contribution in [0.15, 0.2) is 18.2 Å². The molecule has 1 aliphatic heterocycles. The standard InChI is InChI=1S/C45H65N9O17S/c1-23(2)16-27-39(63)52-28(18-24-9-11-32(55)25(17-24)10-12-36(59)60)41(65)54-45(13-5-3-6-14-45)44(70)53-30(20-33(46)56)38(62)48-15-7-4-8-34(57)50-31(37(47)61)21-72(71)22-35(58)49-29(40(64)51-27)19-26(42(66)67)43(68)69/h9,11,17,23,26-31,55H,3-8,10,12-16,18-22H2,1-2H3,(H2,46,56)(H2,47,61)(H,48,62)(H,49,58)(H,50,57)(H,51,64)(H,52,63)(H,53,70)(H,54,65)(H,59,60)(H,66,67)(H,68,69). The van der Waals surface area contributed by atoms with E-state index >= 15 is 0 Å². The van der Waals surface area contributed by atoms with Crippen LogP contribution in [0.2, 0.25) is 0 Å². The highest BCUT2D eigenvalue weighted by Crippen LogP contribution is 2.30. The van der Waals surface area contributed by atoms with E-state index in [2.05, 4.69) is 37.2 Å². The third-order valence-electron chi connectivity index (χ3n) is 11.9. The van der Waals surface area contributed by atoms with Crippen molar-refractivity contribution in [3.63, 3.8) is 0 Å². The number of carboxylic acid groups (broad SMARTS) is 3. The average molecular weight is 1040 g/mol. The summed E-state index contributed by atoms with van der Waals surface area (Å²) < 4.78 is 13.2. The fourth-order valence-corrected chi connectivity index (χ4v) is 9.22. The second-order valence-corrected chi connectivity index (χ2v) is 19.7. The Hall–Kier alpha value is -7.19. The third kappa shape index (κ3) is 19.2. The number of aryl methyl sites for hydroxylation is 1. The Labute approximate surface area is 416 Å². The van der Waals surface area contributed by atoms with Crippen LogP contribution >= 0.6 is 0 Å². The first-order chi connectivity index (χ1) is 33.8. The van der Waals surface area contributed by atoms with Crippen LogP contribution in [-0.2, 0) is 81.2 Å². The molecule has 3 rings (SSSR count). The first kappa shape index (κ1) is 59.1. The third-order valence-corrected chi connectivity index (χ3v) is 13.2. The number of aliphatic carboxylic acids is 3. The molecule has 9 amide bonds. The van der Waals surface area contributed by atoms with Gasteiger partial charge in [-0.1, -0.05) is 45.2 Å². The Balaban J connectivity index is 2.18. The monoisotopic (exact) mass is 1040 g/mol. The van der Waals surface area contributed by atoms with E-state index in [0.717, 1.165) is 0 Å². The molecule has 0 radical (unpaired) electrons. The molecule has 2 fully saturated rings. The number of phenols is 1. The Morgan fingerprint density at radius 1 is 0.736 bits per heavy atom. The number of carbonyl (C=O) groups is 12. The molecule has 6 unspecified atom stereocenters. The molecular weight excluding hydrogens is 971 g/mol. The SMILES string of the molecule is CC(C)CC1NC(=O)C(CC(C(=O)O)C(=O)O)NC(=O)CS(=O)CC(C(N)=O)NC(=O)CCCCNC(=O)C(CC(N)=O)NC(=O)C2(CCCCC2)NC(=O)C(Cc2ccc(O)c(CCC(=O)O)c2)NC1=O. The number of phenolic OH excluding ortho intramolecular Hbond substituents is 1. The maximum absolute atomic E-state index is 14.7. The van der Waals surface area contributed by atoms with Crippen LogP contribution in [-0.4, -0.2) is 150 Å². The van der Waals surface area contributed by atoms with E-state index in [-0.39, 0.29) is 81.2 Å². The van der Waals surface area contributed by atoms with E-state index in [1.807, 2.05) is 0 Å². The predicted molar refractivity (Wildman–Crippen MR) is 252 cm³/mol. The van der Waals surface area contributed by atoms with Crippen molar-refractivity contribution < 1.29 is 82.2 Å². The molecule has 1 aromatic rings. The van der Waals surface area contributed by atoms with E-state index < -0.39 is 154 Å². The highest BCUT2D eigenvalue weighted by molar-refractivity contribution is 7.85. The summed E-state index contributed by atoms with van der Waals surface area (Å²) in [5.74, 6) is -18.7. The van der Waals surface area contributed by atoms with Crippen molar-refractivity contribution in [2.45, 2.75) is 139 Å². The minimum absolute atomic E-state index is 0.0216. The molecule has 1 aliphatic carbocycles. The minimum Gasteiger partial charge on any atom is -0.508 e. The van der Waals surface area contributed by atoms with Gasteiger partial charge >= 0.3 is 17.9 Å². The fourth-order valence-electron chi connectivity index (χ4n) is 8.10. The first-order valence-corrected chi connectivity index (χ1v) is 24.8. The lowest BCUT2D eigenvalue weighted by Gasteiger charge is -2.38. The Bertz CT molecular complexity index is 2240. The van der Waals surface area contributed by atoms with Gasteiger partial charge in [-0.05, 0) is 61.6 Å². The smallest absolute Gasteiger partial charge is 0.317 e. The van der Waals surface area contributed by atoms with Gasteiger partial charge in [0.15, 0.2) is 5.92 Å². The van der Waals surface area contributed by atoms with Gasteiger partial charge in [-0.2, -0.15) is 0 Å². The highest BCUT2D eigenvalue weighted by atomic mass is 32.2. The summed E-state index contributed by atoms with van der Waals surface area (Å²) in [4.78, 5) is 157. The van der Waals surface area contributed by atoms with Crippen molar-refractivity contribution in [2.75, 3.05) is 18.1 Å². The number of rotatable bonds is 14. The predicted octanol–water partition coefficient (Wildman–Crippen LogP) is -3.17. The summed E-state index contributed by atoms with van der Waals surface area (Å²) in [6.45, 7) is 3.22. The number of aromatic hydroxyl groups is 1. The topological polar surface area (TPSA) is 439 Å². The average Bonchev–Trinajstić information content (AvgIpc) is 3.28. The summed E-state index contributed by atoms with van der Waals surface area (Å²) in [5.41, 5.74) is 9.60. The number of primary amides is 2. The molecule has 26 nitrogen and oxygen atoms in total. The normalized spacial score (nSPS) is 23.8. The van der Waals surface area contributed by atoms with Crippen molar-refractivity contribution in [1.29, 1.82) is 0 Å². The van der Waals surface area contributed by atoms with Crippen LogP contribution in [0.4, 0.5) is 0 Å². The number of amides is 9. The molecule has 2 aliphatic rings. The van der Waals surface area contributed by atoms with Gasteiger partial charge in [0, 0.05) is 43.0 Å². The molecule has 0 bridgehead atoms. The highest BCUT2D eigenvalue weighted by Gasteiger charge is 2.44. The lowest BCUT2D eigenvalue weighted by Crippen LogP contribution is -2.66. The van der Waals surface area contributed by atoms with Crippen molar-refractivity contribution in [3.05, 3.63) is 29.3 Å². The maximum atomic E-state index is 14.7. The van der Waals surface area contributed by atoms with Crippen molar-refractivity contribution >= 4 is 81.9 Å². The number of hydrogen-bond donors (Lipinski definition) is 13. The molecule has 1 spiro atoms. The van der Waals surface area contributed by atoms with Crippen LogP contribution < -0.4 is 48.7 Å². The van der Waals surface area contributed by atoms with E-state index in [4.69, 9.17) is 11.5 Å². The summed E-state index contributed by atoms with van der Waals surface area (Å²) in [6.07, 6.45) is -1.34. The van der Waals surface area contributed by atoms with Crippen molar-refractivity contribution in [1.82, 2.24) is 37.2 Å². The summed E-state index contributed by atoms with van der Waals surface area (Å²) in [6, 6.07) is -4.33. The van der Waals surface area contributed by atoms with E-state index in [1.165, 1.54) is 18.2 Å². The summed E-state index contributed by atoms with van der Waals surface area (Å²) in [7, 11) is -2.31. The van der Waals surface area contributed by atoms with E-state index in [9.17, 15) is 82.2 Å². The van der Waals surface area contributed by atoms with Crippen LogP contribution in [0.1, 0.15) is 102 Å². The van der Waals surface area contributed by atoms with Crippen LogP contribution in [0.3, 0.4) is 0 Å². The van der Waals surface area contributed by atoms with Gasteiger partial charge in [-0.25, -0.2) is 0 Å². The van der Waals surface area contributed by atoms with E-state index in [1.54, 1.807) is 13.8 Å². The zero-order valence-corrected chi connectivity index (χ0v) is 40.8. The Morgan fingerprint density at radius 3 is 1.94 bits per heavy atom. The zero-order chi connectivity index (χ0) is 53.9. The molecule has 0 aromatic heterocycles. The summed E-state index contributed by atoms with van der Waals surface area (Å²) >= 11 is 0. The van der Waals surface area contributed by atoms with Gasteiger partial charge in [-0.3, -0.25) is 61.7 Å².